The Balaban J connectivity index is 4.17. The zero-order chi connectivity index (χ0) is 8.36. The molecule has 0 aromatic rings. The highest BCUT2D eigenvalue weighted by atomic mass is 14.3. The lowest BCUT2D eigenvalue weighted by Gasteiger charge is -2.31. The quantitative estimate of drug-likeness (QED) is 0.526. The van der Waals surface area contributed by atoms with Crippen LogP contribution in [0.2, 0.25) is 0 Å². The summed E-state index contributed by atoms with van der Waals surface area (Å²) in [5, 5.41) is 0. The van der Waals surface area contributed by atoms with Crippen molar-refractivity contribution in [3.63, 3.8) is 0 Å². The average Bonchev–Trinajstić information content (AvgIpc) is 1.86. The van der Waals surface area contributed by atoms with E-state index >= 15 is 0 Å². The van der Waals surface area contributed by atoms with Crippen molar-refractivity contribution >= 4 is 0 Å². The van der Waals surface area contributed by atoms with Crippen LogP contribution in [-0.4, -0.2) is 0 Å². The molecule has 0 aliphatic rings. The van der Waals surface area contributed by atoms with Gasteiger partial charge in [0.05, 0.1) is 0 Å². The van der Waals surface area contributed by atoms with Gasteiger partial charge < -0.3 is 0 Å². The maximum atomic E-state index is 3.84. The molecule has 0 aromatic heterocycles. The van der Waals surface area contributed by atoms with Crippen molar-refractivity contribution in [3.8, 4) is 0 Å². The predicted octanol–water partition coefficient (Wildman–Crippen LogP) is 3.49. The summed E-state index contributed by atoms with van der Waals surface area (Å²) in [6, 6.07) is 0. The maximum absolute atomic E-state index is 3.84. The fourth-order valence-electron chi connectivity index (χ4n) is 1.05. The first-order chi connectivity index (χ1) is 4.41. The Morgan fingerprint density at radius 2 is 1.60 bits per heavy atom. The van der Waals surface area contributed by atoms with E-state index in [4.69, 9.17) is 0 Å². The molecule has 0 radical (unpaired) electrons. The number of hydrogen-bond acceptors (Lipinski definition) is 0. The molecule has 0 nitrogen and oxygen atoms in total. The van der Waals surface area contributed by atoms with Crippen LogP contribution in [0.3, 0.4) is 0 Å². The van der Waals surface area contributed by atoms with E-state index in [1.165, 1.54) is 0 Å². The molecule has 0 unspecified atom stereocenters. The van der Waals surface area contributed by atoms with Crippen molar-refractivity contribution in [2.45, 2.75) is 34.6 Å². The molecule has 0 heterocycles. The molecule has 0 saturated carbocycles. The van der Waals surface area contributed by atoms with Crippen molar-refractivity contribution in [1.29, 1.82) is 0 Å². The minimum atomic E-state index is 0.286. The third-order valence-electron chi connectivity index (χ3n) is 2.70. The topological polar surface area (TPSA) is 0 Å². The van der Waals surface area contributed by atoms with Gasteiger partial charge in [0.15, 0.2) is 0 Å². The third-order valence-corrected chi connectivity index (χ3v) is 2.70. The van der Waals surface area contributed by atoms with Gasteiger partial charge in [0.1, 0.15) is 0 Å². The maximum Gasteiger partial charge on any atom is -0.0149 e. The minimum absolute atomic E-state index is 0.286. The normalized spacial score (nSPS) is 15.4. The van der Waals surface area contributed by atoms with Gasteiger partial charge in [0.25, 0.3) is 0 Å². The van der Waals surface area contributed by atoms with Crippen LogP contribution in [-0.2, 0) is 0 Å². The number of rotatable bonds is 3. The van der Waals surface area contributed by atoms with Crippen molar-refractivity contribution in [2.24, 2.45) is 17.3 Å². The van der Waals surface area contributed by atoms with Crippen LogP contribution < -0.4 is 0 Å². The first kappa shape index (κ1) is 9.74. The Hall–Kier alpha value is -0.260. The molecule has 0 aliphatic carbocycles. The van der Waals surface area contributed by atoms with Crippen molar-refractivity contribution < 1.29 is 0 Å². The zero-order valence-corrected chi connectivity index (χ0v) is 7.94. The van der Waals surface area contributed by atoms with E-state index in [1.807, 2.05) is 0 Å². The van der Waals surface area contributed by atoms with Gasteiger partial charge in [-0.25, -0.2) is 0 Å². The van der Waals surface area contributed by atoms with Gasteiger partial charge >= 0.3 is 0 Å². The fraction of sp³-hybridized carbons (Fsp3) is 0.800. The van der Waals surface area contributed by atoms with Crippen LogP contribution in [0.15, 0.2) is 12.7 Å². The molecule has 0 bridgehead atoms. The molecule has 0 spiro atoms. The number of hydrogen-bond donors (Lipinski definition) is 0. The van der Waals surface area contributed by atoms with Gasteiger partial charge in [0, 0.05) is 0 Å². The molecule has 10 heavy (non-hydrogen) atoms. The van der Waals surface area contributed by atoms with Gasteiger partial charge in [-0.05, 0) is 17.3 Å². The van der Waals surface area contributed by atoms with Crippen LogP contribution in [0.4, 0.5) is 0 Å². The van der Waals surface area contributed by atoms with Crippen molar-refractivity contribution in [1.82, 2.24) is 0 Å². The Morgan fingerprint density at radius 3 is 1.70 bits per heavy atom. The van der Waals surface area contributed by atoms with Gasteiger partial charge in [-0.15, -0.1) is 6.58 Å². The predicted molar refractivity (Wildman–Crippen MR) is 48.0 cm³/mol. The lowest BCUT2D eigenvalue weighted by Crippen LogP contribution is -2.23. The molecule has 0 amide bonds. The monoisotopic (exact) mass is 140 g/mol. The smallest absolute Gasteiger partial charge is 0.0149 e. The highest BCUT2D eigenvalue weighted by molar-refractivity contribution is 4.92. The minimum Gasteiger partial charge on any atom is -0.103 e. The Bertz CT molecular complexity index is 109. The molecule has 0 fully saturated rings. The summed E-state index contributed by atoms with van der Waals surface area (Å²) in [5.41, 5.74) is 0.286. The molecule has 0 saturated heterocycles. The second-order valence-corrected chi connectivity index (χ2v) is 4.06. The largest absolute Gasteiger partial charge is 0.103 e. The van der Waals surface area contributed by atoms with Crippen LogP contribution in [0, 0.1) is 17.3 Å². The van der Waals surface area contributed by atoms with E-state index in [0.717, 1.165) is 5.92 Å². The van der Waals surface area contributed by atoms with Gasteiger partial charge in [0.2, 0.25) is 0 Å². The van der Waals surface area contributed by atoms with E-state index < -0.39 is 0 Å². The van der Waals surface area contributed by atoms with E-state index in [1.54, 1.807) is 0 Å². The highest BCUT2D eigenvalue weighted by Gasteiger charge is 2.24. The summed E-state index contributed by atoms with van der Waals surface area (Å²) in [4.78, 5) is 0. The van der Waals surface area contributed by atoms with E-state index in [9.17, 15) is 0 Å². The van der Waals surface area contributed by atoms with Crippen molar-refractivity contribution in [2.75, 3.05) is 0 Å². The lowest BCUT2D eigenvalue weighted by molar-refractivity contribution is 0.234. The third kappa shape index (κ3) is 2.17. The van der Waals surface area contributed by atoms with Gasteiger partial charge in [-0.1, -0.05) is 40.7 Å². The van der Waals surface area contributed by atoms with Crippen LogP contribution in [0.1, 0.15) is 34.6 Å². The van der Waals surface area contributed by atoms with E-state index in [0.29, 0.717) is 5.92 Å². The van der Waals surface area contributed by atoms with E-state index in [-0.39, 0.29) is 5.41 Å². The molecule has 60 valence electrons. The molecule has 1 atom stereocenters. The number of allylic oxidation sites excluding steroid dienone is 1. The average molecular weight is 140 g/mol. The molecule has 0 rings (SSSR count). The van der Waals surface area contributed by atoms with E-state index in [2.05, 4.69) is 47.3 Å². The van der Waals surface area contributed by atoms with Crippen LogP contribution in [0.25, 0.3) is 0 Å². The van der Waals surface area contributed by atoms with Crippen LogP contribution >= 0.6 is 0 Å². The van der Waals surface area contributed by atoms with Crippen LogP contribution in [0.5, 0.6) is 0 Å². The Labute approximate surface area is 65.3 Å². The summed E-state index contributed by atoms with van der Waals surface area (Å²) >= 11 is 0. The zero-order valence-electron chi connectivity index (χ0n) is 7.94. The Kier molecular flexibility index (Phi) is 3.14. The second-order valence-electron chi connectivity index (χ2n) is 4.06. The summed E-state index contributed by atoms with van der Waals surface area (Å²) in [5.74, 6) is 1.46. The highest BCUT2D eigenvalue weighted by Crippen LogP contribution is 2.32. The first-order valence-corrected chi connectivity index (χ1v) is 4.05. The summed E-state index contributed by atoms with van der Waals surface area (Å²) in [6.07, 6.45) is 2.05. The van der Waals surface area contributed by atoms with Gasteiger partial charge in [-0.3, -0.25) is 0 Å². The molecule has 0 N–H and O–H groups in total. The van der Waals surface area contributed by atoms with Gasteiger partial charge in [-0.2, -0.15) is 0 Å². The SMILES string of the molecule is C=CC(C)(C)[C@@H](C)C(C)C. The molecule has 0 aromatic carbocycles. The first-order valence-electron chi connectivity index (χ1n) is 4.05. The second kappa shape index (κ2) is 3.23. The summed E-state index contributed by atoms with van der Waals surface area (Å²) in [7, 11) is 0. The van der Waals surface area contributed by atoms with Crippen molar-refractivity contribution in [3.05, 3.63) is 12.7 Å². The molecular weight excluding hydrogens is 120 g/mol. The summed E-state index contributed by atoms with van der Waals surface area (Å²) in [6.45, 7) is 15.1. The standard InChI is InChI=1S/C10H20/c1-7-10(5,6)9(4)8(2)3/h7-9H,1H2,2-6H3/t9-/m0/s1. The fourth-order valence-corrected chi connectivity index (χ4v) is 1.05. The molecule has 0 aliphatic heterocycles. The summed E-state index contributed by atoms with van der Waals surface area (Å²) < 4.78 is 0. The lowest BCUT2D eigenvalue weighted by atomic mass is 9.74. The Morgan fingerprint density at radius 1 is 1.20 bits per heavy atom. The molecule has 0 heteroatoms. The molecular formula is C10H20.